The summed E-state index contributed by atoms with van der Waals surface area (Å²) in [6.07, 6.45) is 3.57. The van der Waals surface area contributed by atoms with E-state index in [1.165, 1.54) is 0 Å². The van der Waals surface area contributed by atoms with Crippen molar-refractivity contribution in [3.8, 4) is 5.75 Å². The Bertz CT molecular complexity index is 932. The number of aromatic nitrogens is 1. The normalized spacial score (nSPS) is 10.4. The molecule has 1 aromatic heterocycles. The number of ether oxygens (including phenoxy) is 1. The van der Waals surface area contributed by atoms with Crippen LogP contribution < -0.4 is 10.1 Å². The first-order valence-electron chi connectivity index (χ1n) is 9.17. The third kappa shape index (κ3) is 6.07. The van der Waals surface area contributed by atoms with Crippen molar-refractivity contribution in [1.29, 1.82) is 0 Å². The smallest absolute Gasteiger partial charge is 0.174 e. The zero-order valence-corrected chi connectivity index (χ0v) is 18.3. The molecular formula is C22H21Cl2N3OS. The second-order valence-electron chi connectivity index (χ2n) is 6.31. The van der Waals surface area contributed by atoms with Crippen LogP contribution in [0.15, 0.2) is 67.0 Å². The number of thiocarbonyl (C=S) groups is 1. The predicted octanol–water partition coefficient (Wildman–Crippen LogP) is 6.19. The van der Waals surface area contributed by atoms with Crippen LogP contribution in [-0.2, 0) is 13.1 Å². The van der Waals surface area contributed by atoms with Crippen molar-refractivity contribution in [2.24, 2.45) is 0 Å². The Morgan fingerprint density at radius 2 is 1.76 bits per heavy atom. The predicted molar refractivity (Wildman–Crippen MR) is 124 cm³/mol. The van der Waals surface area contributed by atoms with Gasteiger partial charge in [0.1, 0.15) is 5.75 Å². The van der Waals surface area contributed by atoms with Gasteiger partial charge >= 0.3 is 0 Å². The molecule has 1 heterocycles. The number of anilines is 1. The SMILES string of the molecule is CCOc1ccc(NC(=S)N(Cc2cccnc2)Cc2c(Cl)cccc2Cl)cc1. The molecule has 0 saturated carbocycles. The van der Waals surface area contributed by atoms with Crippen LogP contribution in [0.3, 0.4) is 0 Å². The van der Waals surface area contributed by atoms with Gasteiger partial charge in [0.15, 0.2) is 5.11 Å². The van der Waals surface area contributed by atoms with E-state index < -0.39 is 0 Å². The molecular weight excluding hydrogens is 425 g/mol. The highest BCUT2D eigenvalue weighted by Crippen LogP contribution is 2.27. The van der Waals surface area contributed by atoms with Crippen LogP contribution in [0.25, 0.3) is 0 Å². The zero-order valence-electron chi connectivity index (χ0n) is 15.9. The van der Waals surface area contributed by atoms with Crippen LogP contribution in [0, 0.1) is 0 Å². The molecule has 0 fully saturated rings. The van der Waals surface area contributed by atoms with Crippen molar-refractivity contribution in [2.75, 3.05) is 11.9 Å². The van der Waals surface area contributed by atoms with Crippen LogP contribution in [-0.4, -0.2) is 21.6 Å². The molecule has 1 N–H and O–H groups in total. The summed E-state index contributed by atoms with van der Waals surface area (Å²) in [4.78, 5) is 6.20. The monoisotopic (exact) mass is 445 g/mol. The quantitative estimate of drug-likeness (QED) is 0.439. The minimum atomic E-state index is 0.469. The molecule has 3 rings (SSSR count). The van der Waals surface area contributed by atoms with Gasteiger partial charge in [0.25, 0.3) is 0 Å². The van der Waals surface area contributed by atoms with E-state index in [2.05, 4.69) is 10.3 Å². The number of rotatable bonds is 7. The first-order chi connectivity index (χ1) is 14.1. The van der Waals surface area contributed by atoms with Crippen molar-refractivity contribution in [2.45, 2.75) is 20.0 Å². The van der Waals surface area contributed by atoms with E-state index in [1.807, 2.05) is 72.6 Å². The van der Waals surface area contributed by atoms with Gasteiger partial charge in [-0.3, -0.25) is 4.98 Å². The summed E-state index contributed by atoms with van der Waals surface area (Å²) < 4.78 is 5.49. The number of pyridine rings is 1. The second kappa shape index (κ2) is 10.4. The van der Waals surface area contributed by atoms with Crippen molar-refractivity contribution >= 4 is 46.2 Å². The van der Waals surface area contributed by atoms with Gasteiger partial charge in [-0.25, -0.2) is 0 Å². The molecule has 0 amide bonds. The number of halogens is 2. The molecule has 4 nitrogen and oxygen atoms in total. The number of hydrogen-bond donors (Lipinski definition) is 1. The fourth-order valence-corrected chi connectivity index (χ4v) is 3.55. The summed E-state index contributed by atoms with van der Waals surface area (Å²) in [6, 6.07) is 17.1. The summed E-state index contributed by atoms with van der Waals surface area (Å²) in [6.45, 7) is 3.62. The van der Waals surface area contributed by atoms with E-state index in [1.54, 1.807) is 6.20 Å². The van der Waals surface area contributed by atoms with E-state index in [9.17, 15) is 0 Å². The van der Waals surface area contributed by atoms with Crippen molar-refractivity contribution in [1.82, 2.24) is 9.88 Å². The first-order valence-corrected chi connectivity index (χ1v) is 10.3. The van der Waals surface area contributed by atoms with Crippen LogP contribution in [0.1, 0.15) is 18.1 Å². The van der Waals surface area contributed by atoms with Gasteiger partial charge in [-0.2, -0.15) is 0 Å². The third-order valence-electron chi connectivity index (χ3n) is 4.21. The molecule has 29 heavy (non-hydrogen) atoms. The molecule has 0 aliphatic carbocycles. The van der Waals surface area contributed by atoms with Crippen molar-refractivity contribution < 1.29 is 4.74 Å². The summed E-state index contributed by atoms with van der Waals surface area (Å²) in [5, 5.41) is 5.07. The number of hydrogen-bond acceptors (Lipinski definition) is 3. The van der Waals surface area contributed by atoms with Gasteiger partial charge in [-0.15, -0.1) is 0 Å². The lowest BCUT2D eigenvalue weighted by molar-refractivity contribution is 0.340. The molecule has 7 heteroatoms. The van der Waals surface area contributed by atoms with Gasteiger partial charge in [0, 0.05) is 46.8 Å². The van der Waals surface area contributed by atoms with Gasteiger partial charge < -0.3 is 15.0 Å². The number of benzene rings is 2. The molecule has 0 aliphatic rings. The molecule has 0 radical (unpaired) electrons. The summed E-state index contributed by atoms with van der Waals surface area (Å²) in [7, 11) is 0. The topological polar surface area (TPSA) is 37.4 Å². The Morgan fingerprint density at radius 1 is 1.03 bits per heavy atom. The molecule has 0 spiro atoms. The maximum atomic E-state index is 6.39. The highest BCUT2D eigenvalue weighted by atomic mass is 35.5. The highest BCUT2D eigenvalue weighted by molar-refractivity contribution is 7.80. The van der Waals surface area contributed by atoms with Crippen LogP contribution in [0.5, 0.6) is 5.75 Å². The fraction of sp³-hybridized carbons (Fsp3) is 0.182. The highest BCUT2D eigenvalue weighted by Gasteiger charge is 2.16. The maximum Gasteiger partial charge on any atom is 0.174 e. The van der Waals surface area contributed by atoms with Crippen LogP contribution in [0.4, 0.5) is 5.69 Å². The fourth-order valence-electron chi connectivity index (χ4n) is 2.79. The largest absolute Gasteiger partial charge is 0.494 e. The van der Waals surface area contributed by atoms with Crippen molar-refractivity contribution in [3.63, 3.8) is 0 Å². The average molecular weight is 446 g/mol. The van der Waals surface area contributed by atoms with Gasteiger partial charge in [-0.05, 0) is 67.2 Å². The lowest BCUT2D eigenvalue weighted by atomic mass is 10.2. The van der Waals surface area contributed by atoms with Crippen molar-refractivity contribution in [3.05, 3.63) is 88.2 Å². The van der Waals surface area contributed by atoms with Gasteiger partial charge in [-0.1, -0.05) is 35.3 Å². The maximum absolute atomic E-state index is 6.39. The van der Waals surface area contributed by atoms with Crippen LogP contribution >= 0.6 is 35.4 Å². The minimum Gasteiger partial charge on any atom is -0.494 e. The average Bonchev–Trinajstić information content (AvgIpc) is 2.72. The molecule has 0 bridgehead atoms. The second-order valence-corrected chi connectivity index (χ2v) is 7.51. The Morgan fingerprint density at radius 3 is 2.38 bits per heavy atom. The lowest BCUT2D eigenvalue weighted by Gasteiger charge is -2.27. The zero-order chi connectivity index (χ0) is 20.6. The van der Waals surface area contributed by atoms with E-state index >= 15 is 0 Å². The van der Waals surface area contributed by atoms with E-state index in [0.29, 0.717) is 34.9 Å². The Hall–Kier alpha value is -2.34. The third-order valence-corrected chi connectivity index (χ3v) is 5.28. The van der Waals surface area contributed by atoms with E-state index in [4.69, 9.17) is 40.2 Å². The Balaban J connectivity index is 1.80. The van der Waals surface area contributed by atoms with E-state index in [0.717, 1.165) is 22.6 Å². The molecule has 0 atom stereocenters. The van der Waals surface area contributed by atoms with Gasteiger partial charge in [0.05, 0.1) is 6.61 Å². The summed E-state index contributed by atoms with van der Waals surface area (Å²) in [5.74, 6) is 0.819. The summed E-state index contributed by atoms with van der Waals surface area (Å²) >= 11 is 18.5. The molecule has 3 aromatic rings. The minimum absolute atomic E-state index is 0.469. The first kappa shape index (κ1) is 21.4. The standard InChI is InChI=1S/C22H21Cl2N3OS/c1-2-28-18-10-8-17(9-11-18)26-22(29)27(14-16-5-4-12-25-13-16)15-19-20(23)6-3-7-21(19)24/h3-13H,2,14-15H2,1H3,(H,26,29). The van der Waals surface area contributed by atoms with Crippen LogP contribution in [0.2, 0.25) is 10.0 Å². The number of nitrogens with one attached hydrogen (secondary N) is 1. The molecule has 0 aliphatic heterocycles. The molecule has 150 valence electrons. The number of nitrogens with zero attached hydrogens (tertiary/aromatic N) is 2. The Kier molecular flexibility index (Phi) is 7.69. The van der Waals surface area contributed by atoms with E-state index in [-0.39, 0.29) is 0 Å². The molecule has 0 saturated heterocycles. The summed E-state index contributed by atoms with van der Waals surface area (Å²) in [5.41, 5.74) is 2.74. The van der Waals surface area contributed by atoms with Gasteiger partial charge in [0.2, 0.25) is 0 Å². The molecule has 0 unspecified atom stereocenters. The molecule has 2 aromatic carbocycles. The Labute approximate surface area is 186 Å². The lowest BCUT2D eigenvalue weighted by Crippen LogP contribution is -2.34.